The standard InChI is InChI=1S/C13H16N2O2S/c1-13(6-7-18-12(14)15-13)10-5-3-4-9(8-10)11(16)17-2/h3-5,8H,6-7H2,1-2H3,(H2,14,15). The molecule has 0 bridgehead atoms. The minimum atomic E-state index is -0.348. The minimum Gasteiger partial charge on any atom is -0.465 e. The van der Waals surface area contributed by atoms with E-state index < -0.39 is 0 Å². The number of ether oxygens (including phenoxy) is 1. The number of aliphatic imine (C=N–C) groups is 1. The lowest BCUT2D eigenvalue weighted by Crippen LogP contribution is -2.28. The highest BCUT2D eigenvalue weighted by Crippen LogP contribution is 2.35. The lowest BCUT2D eigenvalue weighted by atomic mass is 9.89. The van der Waals surface area contributed by atoms with Crippen molar-refractivity contribution in [1.82, 2.24) is 0 Å². The second kappa shape index (κ2) is 5.02. The van der Waals surface area contributed by atoms with E-state index in [0.29, 0.717) is 10.7 Å². The third-order valence-electron chi connectivity index (χ3n) is 3.10. The Morgan fingerprint density at radius 1 is 1.56 bits per heavy atom. The molecule has 1 aromatic carbocycles. The van der Waals surface area contributed by atoms with Gasteiger partial charge in [0.2, 0.25) is 0 Å². The average molecular weight is 264 g/mol. The Kier molecular flexibility index (Phi) is 3.61. The molecule has 0 radical (unpaired) electrons. The minimum absolute atomic E-state index is 0.331. The lowest BCUT2D eigenvalue weighted by molar-refractivity contribution is 0.0600. The molecule has 2 N–H and O–H groups in total. The van der Waals surface area contributed by atoms with Crippen molar-refractivity contribution in [3.05, 3.63) is 35.4 Å². The van der Waals surface area contributed by atoms with E-state index in [1.54, 1.807) is 17.8 Å². The molecule has 96 valence electrons. The van der Waals surface area contributed by atoms with E-state index >= 15 is 0 Å². The van der Waals surface area contributed by atoms with Gasteiger partial charge >= 0.3 is 5.97 Å². The van der Waals surface area contributed by atoms with Crippen molar-refractivity contribution in [2.75, 3.05) is 12.9 Å². The smallest absolute Gasteiger partial charge is 0.337 e. The van der Waals surface area contributed by atoms with E-state index in [0.717, 1.165) is 17.7 Å². The van der Waals surface area contributed by atoms with Gasteiger partial charge in [-0.25, -0.2) is 4.79 Å². The van der Waals surface area contributed by atoms with Crippen LogP contribution >= 0.6 is 11.8 Å². The molecule has 1 aliphatic rings. The number of benzene rings is 1. The Morgan fingerprint density at radius 3 is 3.00 bits per heavy atom. The van der Waals surface area contributed by atoms with Gasteiger partial charge in [-0.2, -0.15) is 0 Å². The van der Waals surface area contributed by atoms with Crippen molar-refractivity contribution in [2.24, 2.45) is 10.7 Å². The van der Waals surface area contributed by atoms with Gasteiger partial charge in [0.1, 0.15) is 0 Å². The summed E-state index contributed by atoms with van der Waals surface area (Å²) in [5.41, 5.74) is 6.98. The van der Waals surface area contributed by atoms with E-state index in [2.05, 4.69) is 4.99 Å². The summed E-state index contributed by atoms with van der Waals surface area (Å²) < 4.78 is 4.73. The summed E-state index contributed by atoms with van der Waals surface area (Å²) in [6.45, 7) is 2.04. The summed E-state index contributed by atoms with van der Waals surface area (Å²) in [4.78, 5) is 16.0. The van der Waals surface area contributed by atoms with Crippen LogP contribution in [0.5, 0.6) is 0 Å². The number of rotatable bonds is 2. The van der Waals surface area contributed by atoms with Gasteiger partial charge in [-0.15, -0.1) is 0 Å². The van der Waals surface area contributed by atoms with Crippen LogP contribution in [-0.4, -0.2) is 24.0 Å². The van der Waals surface area contributed by atoms with Crippen LogP contribution in [0.4, 0.5) is 0 Å². The van der Waals surface area contributed by atoms with E-state index in [4.69, 9.17) is 10.5 Å². The molecule has 1 aliphatic heterocycles. The van der Waals surface area contributed by atoms with Crippen molar-refractivity contribution < 1.29 is 9.53 Å². The van der Waals surface area contributed by atoms with Crippen molar-refractivity contribution in [2.45, 2.75) is 18.9 Å². The van der Waals surface area contributed by atoms with Gasteiger partial charge in [0.15, 0.2) is 5.17 Å². The number of hydrogen-bond acceptors (Lipinski definition) is 5. The fraction of sp³-hybridized carbons (Fsp3) is 0.385. The van der Waals surface area contributed by atoms with E-state index in [-0.39, 0.29) is 11.5 Å². The van der Waals surface area contributed by atoms with Gasteiger partial charge in [-0.1, -0.05) is 23.9 Å². The second-order valence-corrected chi connectivity index (χ2v) is 5.51. The van der Waals surface area contributed by atoms with Crippen LogP contribution in [-0.2, 0) is 10.3 Å². The van der Waals surface area contributed by atoms with Crippen LogP contribution in [0, 0.1) is 0 Å². The van der Waals surface area contributed by atoms with E-state index in [9.17, 15) is 4.79 Å². The molecule has 4 nitrogen and oxygen atoms in total. The Balaban J connectivity index is 2.39. The fourth-order valence-corrected chi connectivity index (χ4v) is 2.97. The SMILES string of the molecule is COC(=O)c1cccc(C2(C)CCSC(N)=N2)c1. The quantitative estimate of drug-likeness (QED) is 0.831. The summed E-state index contributed by atoms with van der Waals surface area (Å²) >= 11 is 1.57. The maximum Gasteiger partial charge on any atom is 0.337 e. The zero-order chi connectivity index (χ0) is 13.2. The topological polar surface area (TPSA) is 64.7 Å². The summed E-state index contributed by atoms with van der Waals surface area (Å²) in [7, 11) is 1.38. The predicted molar refractivity (Wildman–Crippen MR) is 73.8 cm³/mol. The van der Waals surface area contributed by atoms with Crippen molar-refractivity contribution >= 4 is 22.9 Å². The van der Waals surface area contributed by atoms with Gasteiger partial charge in [-0.05, 0) is 31.0 Å². The van der Waals surface area contributed by atoms with Crippen molar-refractivity contribution in [1.29, 1.82) is 0 Å². The summed E-state index contributed by atoms with van der Waals surface area (Å²) in [6.07, 6.45) is 0.906. The van der Waals surface area contributed by atoms with Crippen LogP contribution in [0.3, 0.4) is 0 Å². The molecule has 0 amide bonds. The first-order chi connectivity index (χ1) is 8.55. The van der Waals surface area contributed by atoms with Crippen molar-refractivity contribution in [3.8, 4) is 0 Å². The molecular weight excluding hydrogens is 248 g/mol. The Bertz CT molecular complexity index is 502. The monoisotopic (exact) mass is 264 g/mol. The van der Waals surface area contributed by atoms with Crippen LogP contribution in [0.2, 0.25) is 0 Å². The fourth-order valence-electron chi connectivity index (χ4n) is 1.99. The van der Waals surface area contributed by atoms with Crippen LogP contribution < -0.4 is 5.73 Å². The lowest BCUT2D eigenvalue weighted by Gasteiger charge is -2.29. The maximum absolute atomic E-state index is 11.5. The average Bonchev–Trinajstić information content (AvgIpc) is 2.38. The number of hydrogen-bond donors (Lipinski definition) is 1. The molecule has 1 aromatic rings. The molecular formula is C13H16N2O2S. The molecule has 1 unspecified atom stereocenters. The highest BCUT2D eigenvalue weighted by molar-refractivity contribution is 8.13. The van der Waals surface area contributed by atoms with Crippen LogP contribution in [0.25, 0.3) is 0 Å². The van der Waals surface area contributed by atoms with Gasteiger partial charge in [-0.3, -0.25) is 4.99 Å². The predicted octanol–water partition coefficient (Wildman–Crippen LogP) is 2.14. The number of thioether (sulfide) groups is 1. The van der Waals surface area contributed by atoms with Gasteiger partial charge in [0, 0.05) is 5.75 Å². The molecule has 1 heterocycles. The molecule has 0 saturated heterocycles. The zero-order valence-corrected chi connectivity index (χ0v) is 11.3. The first kappa shape index (κ1) is 13.0. The summed E-state index contributed by atoms with van der Waals surface area (Å²) in [6, 6.07) is 7.39. The maximum atomic E-state index is 11.5. The molecule has 0 fully saturated rings. The normalized spacial score (nSPS) is 23.3. The van der Waals surface area contributed by atoms with Crippen LogP contribution in [0.15, 0.2) is 29.3 Å². The first-order valence-electron chi connectivity index (χ1n) is 5.72. The molecule has 0 spiro atoms. The van der Waals surface area contributed by atoms with E-state index in [1.807, 2.05) is 25.1 Å². The summed E-state index contributed by atoms with van der Waals surface area (Å²) in [5, 5.41) is 0.604. The van der Waals surface area contributed by atoms with Gasteiger partial charge in [0.25, 0.3) is 0 Å². The second-order valence-electron chi connectivity index (χ2n) is 4.39. The number of methoxy groups -OCH3 is 1. The number of amidine groups is 1. The molecule has 0 saturated carbocycles. The third-order valence-corrected chi connectivity index (χ3v) is 3.90. The Labute approximate surface area is 111 Å². The van der Waals surface area contributed by atoms with Crippen LogP contribution in [0.1, 0.15) is 29.3 Å². The number of carbonyl (C=O) groups excluding carboxylic acids is 1. The van der Waals surface area contributed by atoms with Gasteiger partial charge in [0.05, 0.1) is 18.2 Å². The van der Waals surface area contributed by atoms with Gasteiger partial charge < -0.3 is 10.5 Å². The summed E-state index contributed by atoms with van der Waals surface area (Å²) in [5.74, 6) is 0.608. The number of nitrogens with zero attached hydrogens (tertiary/aromatic N) is 1. The highest BCUT2D eigenvalue weighted by atomic mass is 32.2. The molecule has 2 rings (SSSR count). The number of nitrogens with two attached hydrogens (primary N) is 1. The Hall–Kier alpha value is -1.49. The molecule has 1 atom stereocenters. The molecule has 0 aromatic heterocycles. The molecule has 5 heteroatoms. The molecule has 18 heavy (non-hydrogen) atoms. The number of carbonyl (C=O) groups is 1. The first-order valence-corrected chi connectivity index (χ1v) is 6.71. The Morgan fingerprint density at radius 2 is 2.33 bits per heavy atom. The van der Waals surface area contributed by atoms with E-state index in [1.165, 1.54) is 7.11 Å². The highest BCUT2D eigenvalue weighted by Gasteiger charge is 2.29. The third kappa shape index (κ3) is 2.51. The molecule has 0 aliphatic carbocycles. The largest absolute Gasteiger partial charge is 0.465 e. The van der Waals surface area contributed by atoms with Crippen molar-refractivity contribution in [3.63, 3.8) is 0 Å². The zero-order valence-electron chi connectivity index (χ0n) is 10.5. The number of esters is 1.